The van der Waals surface area contributed by atoms with Gasteiger partial charge >= 0.3 is 0 Å². The van der Waals surface area contributed by atoms with Crippen LogP contribution in [0.15, 0.2) is 217 Å². The van der Waals surface area contributed by atoms with Gasteiger partial charge in [0.2, 0.25) is 0 Å². The lowest BCUT2D eigenvalue weighted by Crippen LogP contribution is -2.05. The summed E-state index contributed by atoms with van der Waals surface area (Å²) in [7, 11) is 0. The van der Waals surface area contributed by atoms with Crippen molar-refractivity contribution in [2.75, 3.05) is 0 Å². The summed E-state index contributed by atoms with van der Waals surface area (Å²) in [6.45, 7) is 0. The maximum absolute atomic E-state index is 9.65. The van der Waals surface area contributed by atoms with Crippen LogP contribution in [-0.2, 0) is 0 Å². The number of fused-ring (bicyclic) bond motifs is 9. The lowest BCUT2D eigenvalue weighted by Gasteiger charge is -2.19. The Balaban J connectivity index is 1.18. The molecule has 0 saturated carbocycles. The minimum absolute atomic E-state index is 0.0118. The summed E-state index contributed by atoms with van der Waals surface area (Å²) in [6, 6.07) is 56.2. The van der Waals surface area contributed by atoms with Crippen LogP contribution in [0.3, 0.4) is 0 Å². The molecule has 9 aromatic carbocycles. The number of furan rings is 1. The van der Waals surface area contributed by atoms with E-state index >= 15 is 0 Å². The van der Waals surface area contributed by atoms with Gasteiger partial charge in [0, 0.05) is 65.8 Å². The molecule has 0 aliphatic rings. The van der Waals surface area contributed by atoms with Crippen molar-refractivity contribution < 1.29 is 12.6 Å². The highest BCUT2D eigenvalue weighted by atomic mass is 16.3. The number of aromatic nitrogens is 5. The van der Waals surface area contributed by atoms with Crippen molar-refractivity contribution in [2.45, 2.75) is 0 Å². The van der Waals surface area contributed by atoms with Crippen LogP contribution >= 0.6 is 0 Å². The molecule has 0 fully saturated rings. The fourth-order valence-electron chi connectivity index (χ4n) is 9.28. The van der Waals surface area contributed by atoms with Gasteiger partial charge in [-0.3, -0.25) is 0 Å². The zero-order valence-electron chi connectivity index (χ0n) is 39.4. The SMILES string of the molecule is [2H]c1cc([2H])c2oc3c(-c4cccc(-c5nc(-c6ccccc6)nc(-c6cccc7c6c6ccccc6n7-c6ccccc6)n5)c4-n4c5ccccc5c5ccccc54)c([2H])c([2H])c([2H])c3c2c1[2H]. The van der Waals surface area contributed by atoms with E-state index in [1.54, 1.807) is 0 Å². The second-order valence-electron chi connectivity index (χ2n) is 15.4. The molecule has 0 bridgehead atoms. The summed E-state index contributed by atoms with van der Waals surface area (Å²) >= 11 is 0. The summed E-state index contributed by atoms with van der Waals surface area (Å²) < 4.78 is 65.2. The van der Waals surface area contributed by atoms with Crippen molar-refractivity contribution in [1.82, 2.24) is 24.1 Å². The van der Waals surface area contributed by atoms with Crippen molar-refractivity contribution in [3.63, 3.8) is 0 Å². The van der Waals surface area contributed by atoms with Crippen LogP contribution in [0, 0.1) is 0 Å². The molecule has 13 rings (SSSR count). The molecule has 4 aromatic heterocycles. The van der Waals surface area contributed by atoms with Crippen LogP contribution in [-0.4, -0.2) is 24.1 Å². The van der Waals surface area contributed by atoms with Gasteiger partial charge in [-0.1, -0.05) is 164 Å². The predicted octanol–water partition coefficient (Wildman–Crippen LogP) is 14.6. The van der Waals surface area contributed by atoms with Crippen LogP contribution in [0.25, 0.3) is 122 Å². The predicted molar refractivity (Wildman–Crippen MR) is 258 cm³/mol. The fourth-order valence-corrected chi connectivity index (χ4v) is 9.28. The van der Waals surface area contributed by atoms with Gasteiger partial charge in [-0.15, -0.1) is 0 Å². The average molecular weight is 812 g/mol. The topological polar surface area (TPSA) is 61.7 Å². The van der Waals surface area contributed by atoms with Crippen LogP contribution < -0.4 is 0 Å². The van der Waals surface area contributed by atoms with Crippen LogP contribution in [0.4, 0.5) is 0 Å². The van der Waals surface area contributed by atoms with Crippen molar-refractivity contribution >= 4 is 65.6 Å². The summed E-state index contributed by atoms with van der Waals surface area (Å²) in [4.78, 5) is 16.0. The third-order valence-electron chi connectivity index (χ3n) is 12.0. The molecule has 0 spiro atoms. The molecule has 0 aliphatic heterocycles. The molecule has 0 aliphatic carbocycles. The van der Waals surface area contributed by atoms with E-state index in [0.717, 1.165) is 60.4 Å². The Bertz CT molecular complexity index is 4220. The normalized spacial score (nSPS) is 13.1. The van der Waals surface area contributed by atoms with Gasteiger partial charge in [-0.05, 0) is 48.5 Å². The Labute approximate surface area is 370 Å². The molecule has 0 saturated heterocycles. The maximum Gasteiger partial charge on any atom is 0.166 e. The molecule has 13 aromatic rings. The Kier molecular flexibility index (Phi) is 6.56. The van der Waals surface area contributed by atoms with Crippen molar-refractivity contribution in [2.24, 2.45) is 0 Å². The van der Waals surface area contributed by atoms with E-state index in [1.807, 2.05) is 121 Å². The Morgan fingerprint density at radius 2 is 0.952 bits per heavy atom. The standard InChI is InChI=1S/C57H35N5O/c1-3-18-36(19-4-1)55-58-56(45-29-17-34-50-52(45)44-25-9-13-33-49(44)61(50)37-20-5-2-6-21-37)60-57(59-55)46-30-15-26-41(43-28-16-27-42-40-24-10-14-35-51(40)63-54(42)43)53(46)62-47-31-11-7-22-38(47)39-23-8-12-32-48(39)62/h1-35H/i10D,16D,24D,27D,28D,35D. The van der Waals surface area contributed by atoms with Crippen molar-refractivity contribution in [3.05, 3.63) is 212 Å². The first-order valence-electron chi connectivity index (χ1n) is 23.7. The summed E-state index contributed by atoms with van der Waals surface area (Å²) in [6.07, 6.45) is 0. The molecule has 0 unspecified atom stereocenters. The van der Waals surface area contributed by atoms with E-state index < -0.39 is 0 Å². The first-order valence-corrected chi connectivity index (χ1v) is 20.7. The van der Waals surface area contributed by atoms with Crippen LogP contribution in [0.2, 0.25) is 0 Å². The van der Waals surface area contributed by atoms with Gasteiger partial charge in [-0.2, -0.15) is 0 Å². The highest BCUT2D eigenvalue weighted by Crippen LogP contribution is 2.45. The second-order valence-corrected chi connectivity index (χ2v) is 15.4. The lowest BCUT2D eigenvalue weighted by molar-refractivity contribution is 0.670. The highest BCUT2D eigenvalue weighted by molar-refractivity contribution is 6.16. The van der Waals surface area contributed by atoms with E-state index in [1.165, 1.54) is 6.07 Å². The minimum Gasteiger partial charge on any atom is -0.455 e. The molecule has 6 heteroatoms. The Hall–Kier alpha value is -8.61. The fraction of sp³-hybridized carbons (Fsp3) is 0. The minimum atomic E-state index is -0.378. The number of hydrogen-bond acceptors (Lipinski definition) is 4. The highest BCUT2D eigenvalue weighted by Gasteiger charge is 2.25. The van der Waals surface area contributed by atoms with Gasteiger partial charge in [0.05, 0.1) is 36.0 Å². The van der Waals surface area contributed by atoms with E-state index in [0.29, 0.717) is 34.3 Å². The third kappa shape index (κ3) is 5.41. The first kappa shape index (κ1) is 29.6. The number of para-hydroxylation sites is 7. The maximum atomic E-state index is 9.65. The van der Waals surface area contributed by atoms with Crippen LogP contribution in [0.1, 0.15) is 8.22 Å². The third-order valence-corrected chi connectivity index (χ3v) is 12.0. The van der Waals surface area contributed by atoms with E-state index in [-0.39, 0.29) is 63.8 Å². The molecular weight excluding hydrogens is 771 g/mol. The number of nitrogens with zero attached hydrogens (tertiary/aromatic N) is 5. The van der Waals surface area contributed by atoms with Gasteiger partial charge < -0.3 is 13.6 Å². The van der Waals surface area contributed by atoms with E-state index in [4.69, 9.17) is 23.5 Å². The van der Waals surface area contributed by atoms with Gasteiger partial charge in [0.1, 0.15) is 11.2 Å². The smallest absolute Gasteiger partial charge is 0.166 e. The second kappa shape index (κ2) is 14.0. The molecule has 0 atom stereocenters. The van der Waals surface area contributed by atoms with Gasteiger partial charge in [0.25, 0.3) is 0 Å². The zero-order chi connectivity index (χ0) is 46.7. The van der Waals surface area contributed by atoms with Crippen molar-refractivity contribution in [3.8, 4) is 56.7 Å². The van der Waals surface area contributed by atoms with Gasteiger partial charge in [-0.25, -0.2) is 15.0 Å². The van der Waals surface area contributed by atoms with Gasteiger partial charge in [0.15, 0.2) is 17.5 Å². The zero-order valence-corrected chi connectivity index (χ0v) is 33.4. The van der Waals surface area contributed by atoms with E-state index in [2.05, 4.69) is 57.7 Å². The Morgan fingerprint density at radius 3 is 1.71 bits per heavy atom. The number of benzene rings is 9. The molecule has 6 nitrogen and oxygen atoms in total. The monoisotopic (exact) mass is 811 g/mol. The molecule has 4 heterocycles. The van der Waals surface area contributed by atoms with E-state index in [9.17, 15) is 4.11 Å². The molecule has 63 heavy (non-hydrogen) atoms. The summed E-state index contributed by atoms with van der Waals surface area (Å²) in [5, 5.41) is 4.18. The average Bonchev–Trinajstić information content (AvgIpc) is 4.07. The molecule has 0 N–H and O–H groups in total. The molecule has 0 amide bonds. The first-order chi connectivity index (χ1) is 33.8. The van der Waals surface area contributed by atoms with Crippen molar-refractivity contribution in [1.29, 1.82) is 0 Å². The quantitative estimate of drug-likeness (QED) is 0.168. The molecular formula is C57H35N5O. The number of hydrogen-bond donors (Lipinski definition) is 0. The molecule has 0 radical (unpaired) electrons. The Morgan fingerprint density at radius 1 is 0.381 bits per heavy atom. The summed E-state index contributed by atoms with van der Waals surface area (Å²) in [5.74, 6) is 1.24. The van der Waals surface area contributed by atoms with Crippen LogP contribution in [0.5, 0.6) is 0 Å². The summed E-state index contributed by atoms with van der Waals surface area (Å²) in [5.41, 5.74) is 8.28. The molecule has 294 valence electrons. The largest absolute Gasteiger partial charge is 0.455 e. The lowest BCUT2D eigenvalue weighted by atomic mass is 9.97. The number of rotatable bonds is 6.